The third-order valence-corrected chi connectivity index (χ3v) is 4.29. The molecule has 1 saturated heterocycles. The molecule has 3 nitrogen and oxygen atoms in total. The van der Waals surface area contributed by atoms with Gasteiger partial charge in [0.15, 0.2) is 0 Å². The summed E-state index contributed by atoms with van der Waals surface area (Å²) in [6.07, 6.45) is 6.08. The molecule has 0 bridgehead atoms. The molecule has 1 aliphatic heterocycles. The van der Waals surface area contributed by atoms with Gasteiger partial charge in [0.2, 0.25) is 0 Å². The third-order valence-electron chi connectivity index (χ3n) is 4.29. The minimum absolute atomic E-state index is 0.0752. The van der Waals surface area contributed by atoms with E-state index < -0.39 is 0 Å². The van der Waals surface area contributed by atoms with Gasteiger partial charge in [0.1, 0.15) is 0 Å². The molecule has 16 heavy (non-hydrogen) atoms. The van der Waals surface area contributed by atoms with Gasteiger partial charge < -0.3 is 14.7 Å². The largest absolute Gasteiger partial charge is 0.393 e. The van der Waals surface area contributed by atoms with Gasteiger partial charge in [-0.3, -0.25) is 0 Å². The molecule has 3 heteroatoms. The van der Waals surface area contributed by atoms with Crippen LogP contribution in [0.1, 0.15) is 39.0 Å². The van der Waals surface area contributed by atoms with Crippen LogP contribution in [0.15, 0.2) is 0 Å². The maximum absolute atomic E-state index is 9.97. The zero-order valence-electron chi connectivity index (χ0n) is 10.6. The summed E-state index contributed by atoms with van der Waals surface area (Å²) in [7, 11) is 2.18. The molecule has 4 atom stereocenters. The Bertz CT molecular complexity index is 222. The van der Waals surface area contributed by atoms with Crippen LogP contribution < -0.4 is 0 Å². The Morgan fingerprint density at radius 1 is 1.25 bits per heavy atom. The topological polar surface area (TPSA) is 32.7 Å². The number of ether oxygens (including phenoxy) is 1. The molecular weight excluding hydrogens is 202 g/mol. The maximum Gasteiger partial charge on any atom is 0.0702 e. The molecule has 2 rings (SSSR count). The lowest BCUT2D eigenvalue weighted by Gasteiger charge is -2.34. The van der Waals surface area contributed by atoms with E-state index in [0.29, 0.717) is 18.1 Å². The summed E-state index contributed by atoms with van der Waals surface area (Å²) in [5.74, 6) is 0.478. The zero-order chi connectivity index (χ0) is 11.5. The first kappa shape index (κ1) is 12.3. The van der Waals surface area contributed by atoms with Crippen molar-refractivity contribution in [2.75, 3.05) is 20.2 Å². The number of hydrogen-bond donors (Lipinski definition) is 1. The van der Waals surface area contributed by atoms with Crippen molar-refractivity contribution in [1.29, 1.82) is 0 Å². The molecule has 0 aromatic rings. The normalized spacial score (nSPS) is 40.5. The summed E-state index contributed by atoms with van der Waals surface area (Å²) < 4.78 is 5.60. The van der Waals surface area contributed by atoms with E-state index in [0.717, 1.165) is 26.0 Å². The Labute approximate surface area is 98.8 Å². The standard InChI is InChI=1S/C13H25NO2/c1-10-12(7-8-16-10)14(2)9-11-5-3-4-6-13(11)15/h10-13,15H,3-9H2,1-2H3. The van der Waals surface area contributed by atoms with Crippen molar-refractivity contribution in [3.8, 4) is 0 Å². The summed E-state index contributed by atoms with van der Waals surface area (Å²) in [6, 6.07) is 0.550. The summed E-state index contributed by atoms with van der Waals surface area (Å²) in [6.45, 7) is 4.08. The predicted octanol–water partition coefficient (Wildman–Crippen LogP) is 1.65. The number of nitrogens with zero attached hydrogens (tertiary/aromatic N) is 1. The Balaban J connectivity index is 1.83. The first-order valence-corrected chi connectivity index (χ1v) is 6.68. The molecule has 1 aliphatic carbocycles. The molecule has 2 fully saturated rings. The van der Waals surface area contributed by atoms with Gasteiger partial charge in [-0.1, -0.05) is 12.8 Å². The molecule has 94 valence electrons. The van der Waals surface area contributed by atoms with Gasteiger partial charge in [-0.25, -0.2) is 0 Å². The van der Waals surface area contributed by atoms with E-state index in [-0.39, 0.29) is 6.10 Å². The molecule has 0 radical (unpaired) electrons. The fraction of sp³-hybridized carbons (Fsp3) is 1.00. The van der Waals surface area contributed by atoms with Gasteiger partial charge in [-0.2, -0.15) is 0 Å². The minimum atomic E-state index is -0.0752. The highest BCUT2D eigenvalue weighted by atomic mass is 16.5. The Hall–Kier alpha value is -0.120. The second-order valence-corrected chi connectivity index (χ2v) is 5.48. The molecule has 1 saturated carbocycles. The second kappa shape index (κ2) is 5.48. The van der Waals surface area contributed by atoms with E-state index in [1.165, 1.54) is 19.3 Å². The molecule has 0 amide bonds. The third kappa shape index (κ3) is 2.76. The lowest BCUT2D eigenvalue weighted by molar-refractivity contribution is 0.0296. The Kier molecular flexibility index (Phi) is 4.22. The quantitative estimate of drug-likeness (QED) is 0.795. The molecule has 4 unspecified atom stereocenters. The van der Waals surface area contributed by atoms with Gasteiger partial charge in [0.05, 0.1) is 12.2 Å². The van der Waals surface area contributed by atoms with Crippen molar-refractivity contribution in [2.45, 2.75) is 57.3 Å². The van der Waals surface area contributed by atoms with Crippen molar-refractivity contribution in [2.24, 2.45) is 5.92 Å². The lowest BCUT2D eigenvalue weighted by atomic mass is 9.86. The van der Waals surface area contributed by atoms with Crippen LogP contribution in [0.5, 0.6) is 0 Å². The van der Waals surface area contributed by atoms with E-state index in [1.54, 1.807) is 0 Å². The van der Waals surface area contributed by atoms with Gasteiger partial charge >= 0.3 is 0 Å². The van der Waals surface area contributed by atoms with Gasteiger partial charge in [0, 0.05) is 19.2 Å². The van der Waals surface area contributed by atoms with Gasteiger partial charge in [-0.15, -0.1) is 0 Å². The summed E-state index contributed by atoms with van der Waals surface area (Å²) >= 11 is 0. The summed E-state index contributed by atoms with van der Waals surface area (Å²) in [5.41, 5.74) is 0. The zero-order valence-corrected chi connectivity index (χ0v) is 10.6. The number of likely N-dealkylation sites (N-methyl/N-ethyl adjacent to an activating group) is 1. The predicted molar refractivity (Wildman–Crippen MR) is 64.4 cm³/mol. The monoisotopic (exact) mass is 227 g/mol. The van der Waals surface area contributed by atoms with Crippen LogP contribution >= 0.6 is 0 Å². The number of aliphatic hydroxyl groups excluding tert-OH is 1. The Morgan fingerprint density at radius 3 is 2.62 bits per heavy atom. The van der Waals surface area contributed by atoms with Crippen molar-refractivity contribution in [3.63, 3.8) is 0 Å². The van der Waals surface area contributed by atoms with Crippen LogP contribution in [0.2, 0.25) is 0 Å². The lowest BCUT2D eigenvalue weighted by Crippen LogP contribution is -2.42. The maximum atomic E-state index is 9.97. The smallest absolute Gasteiger partial charge is 0.0702 e. The highest BCUT2D eigenvalue weighted by Gasteiger charge is 2.31. The highest BCUT2D eigenvalue weighted by Crippen LogP contribution is 2.27. The van der Waals surface area contributed by atoms with Crippen molar-refractivity contribution >= 4 is 0 Å². The fourth-order valence-electron chi connectivity index (χ4n) is 3.21. The average Bonchev–Trinajstić information content (AvgIpc) is 2.68. The first-order valence-electron chi connectivity index (χ1n) is 6.68. The van der Waals surface area contributed by atoms with Crippen LogP contribution in [0.3, 0.4) is 0 Å². The van der Waals surface area contributed by atoms with E-state index in [9.17, 15) is 5.11 Å². The number of rotatable bonds is 3. The van der Waals surface area contributed by atoms with Crippen LogP contribution in [0, 0.1) is 5.92 Å². The van der Waals surface area contributed by atoms with E-state index >= 15 is 0 Å². The first-order chi connectivity index (χ1) is 7.68. The van der Waals surface area contributed by atoms with Crippen molar-refractivity contribution in [3.05, 3.63) is 0 Å². The van der Waals surface area contributed by atoms with Crippen molar-refractivity contribution < 1.29 is 9.84 Å². The average molecular weight is 227 g/mol. The number of hydrogen-bond acceptors (Lipinski definition) is 3. The second-order valence-electron chi connectivity index (χ2n) is 5.48. The Morgan fingerprint density at radius 2 is 2.00 bits per heavy atom. The van der Waals surface area contributed by atoms with Crippen molar-refractivity contribution in [1.82, 2.24) is 4.90 Å². The highest BCUT2D eigenvalue weighted by molar-refractivity contribution is 4.84. The summed E-state index contributed by atoms with van der Waals surface area (Å²) in [4.78, 5) is 2.40. The van der Waals surface area contributed by atoms with Crippen LogP contribution in [0.4, 0.5) is 0 Å². The molecule has 0 aromatic carbocycles. The molecule has 1 N–H and O–H groups in total. The van der Waals surface area contributed by atoms with Crippen LogP contribution in [-0.2, 0) is 4.74 Å². The van der Waals surface area contributed by atoms with Crippen LogP contribution in [0.25, 0.3) is 0 Å². The molecular formula is C13H25NO2. The SMILES string of the molecule is CC1OCCC1N(C)CC1CCCCC1O. The number of aliphatic hydroxyl groups is 1. The van der Waals surface area contributed by atoms with Gasteiger partial charge in [-0.05, 0) is 39.2 Å². The van der Waals surface area contributed by atoms with E-state index in [1.807, 2.05) is 0 Å². The van der Waals surface area contributed by atoms with Gasteiger partial charge in [0.25, 0.3) is 0 Å². The minimum Gasteiger partial charge on any atom is -0.393 e. The van der Waals surface area contributed by atoms with Crippen LogP contribution in [-0.4, -0.2) is 48.5 Å². The molecule has 2 aliphatic rings. The fourth-order valence-corrected chi connectivity index (χ4v) is 3.21. The molecule has 0 spiro atoms. The van der Waals surface area contributed by atoms with E-state index in [2.05, 4.69) is 18.9 Å². The molecule has 0 aromatic heterocycles. The summed E-state index contributed by atoms with van der Waals surface area (Å²) in [5, 5.41) is 9.97. The van der Waals surface area contributed by atoms with E-state index in [4.69, 9.17) is 4.74 Å². The molecule has 1 heterocycles.